The Bertz CT molecular complexity index is 1210. The summed E-state index contributed by atoms with van der Waals surface area (Å²) in [6, 6.07) is 6.28. The van der Waals surface area contributed by atoms with Crippen LogP contribution >= 0.6 is 11.6 Å². The van der Waals surface area contributed by atoms with Crippen molar-refractivity contribution in [2.75, 3.05) is 6.54 Å². The van der Waals surface area contributed by atoms with Crippen LogP contribution in [0.4, 0.5) is 9.18 Å². The van der Waals surface area contributed by atoms with Crippen LogP contribution in [0.3, 0.4) is 0 Å². The molecule has 0 N–H and O–H groups in total. The number of fused-ring (bicyclic) bond motifs is 1. The Labute approximate surface area is 197 Å². The zero-order valence-corrected chi connectivity index (χ0v) is 19.9. The largest absolute Gasteiger partial charge is 0.444 e. The predicted octanol–water partition coefficient (Wildman–Crippen LogP) is 5.52. The van der Waals surface area contributed by atoms with Crippen molar-refractivity contribution in [1.29, 1.82) is 0 Å². The zero-order chi connectivity index (χ0) is 23.8. The number of benzene rings is 1. The van der Waals surface area contributed by atoms with E-state index in [-0.39, 0.29) is 17.9 Å². The zero-order valence-electron chi connectivity index (χ0n) is 19.2. The molecule has 4 rings (SSSR count). The van der Waals surface area contributed by atoms with E-state index in [4.69, 9.17) is 21.3 Å². The molecule has 0 radical (unpaired) electrons. The summed E-state index contributed by atoms with van der Waals surface area (Å²) in [7, 11) is 0. The molecule has 8 heteroatoms. The van der Waals surface area contributed by atoms with E-state index in [9.17, 15) is 9.18 Å². The van der Waals surface area contributed by atoms with Crippen LogP contribution in [0.15, 0.2) is 36.7 Å². The highest BCUT2D eigenvalue weighted by molar-refractivity contribution is 6.30. The third-order valence-corrected chi connectivity index (χ3v) is 5.70. The average molecular weight is 469 g/mol. The van der Waals surface area contributed by atoms with Gasteiger partial charge in [0.2, 0.25) is 0 Å². The van der Waals surface area contributed by atoms with Gasteiger partial charge >= 0.3 is 6.09 Å². The van der Waals surface area contributed by atoms with Gasteiger partial charge in [-0.1, -0.05) is 11.6 Å². The van der Waals surface area contributed by atoms with E-state index in [0.29, 0.717) is 30.1 Å². The van der Waals surface area contributed by atoms with Gasteiger partial charge in [0.25, 0.3) is 0 Å². The molecule has 33 heavy (non-hydrogen) atoms. The van der Waals surface area contributed by atoms with E-state index in [1.54, 1.807) is 11.1 Å². The molecule has 3 aromatic rings. The van der Waals surface area contributed by atoms with Gasteiger partial charge in [-0.25, -0.2) is 19.2 Å². The minimum Gasteiger partial charge on any atom is -0.444 e. The molecule has 3 heterocycles. The number of ether oxygens (including phenoxy) is 1. The number of carbonyl (C=O) groups is 1. The second-order valence-electron chi connectivity index (χ2n) is 9.17. The van der Waals surface area contributed by atoms with Crippen molar-refractivity contribution >= 4 is 17.7 Å². The summed E-state index contributed by atoms with van der Waals surface area (Å²) in [4.78, 5) is 27.9. The Kier molecular flexibility index (Phi) is 6.34. The summed E-state index contributed by atoms with van der Waals surface area (Å²) >= 11 is 6.13. The topological polar surface area (TPSA) is 68.2 Å². The van der Waals surface area contributed by atoms with E-state index < -0.39 is 17.5 Å². The van der Waals surface area contributed by atoms with Gasteiger partial charge in [0.15, 0.2) is 5.82 Å². The van der Waals surface area contributed by atoms with Crippen LogP contribution in [0.25, 0.3) is 11.4 Å². The number of carbonyl (C=O) groups excluding carboxylic acids is 1. The first-order valence-electron chi connectivity index (χ1n) is 10.8. The highest BCUT2D eigenvalue weighted by Crippen LogP contribution is 2.29. The van der Waals surface area contributed by atoms with Crippen LogP contribution < -0.4 is 0 Å². The second kappa shape index (κ2) is 9.06. The summed E-state index contributed by atoms with van der Waals surface area (Å²) < 4.78 is 20.2. The molecule has 0 saturated heterocycles. The van der Waals surface area contributed by atoms with Crippen LogP contribution in [-0.2, 0) is 24.1 Å². The first-order valence-corrected chi connectivity index (χ1v) is 11.2. The Morgan fingerprint density at radius 1 is 1.24 bits per heavy atom. The molecule has 0 atom stereocenters. The van der Waals surface area contributed by atoms with E-state index in [0.717, 1.165) is 22.4 Å². The van der Waals surface area contributed by atoms with E-state index in [1.165, 1.54) is 18.2 Å². The van der Waals surface area contributed by atoms with Crippen molar-refractivity contribution in [2.45, 2.75) is 52.7 Å². The van der Waals surface area contributed by atoms with Gasteiger partial charge in [-0.05, 0) is 75.1 Å². The molecule has 172 valence electrons. The quantitative estimate of drug-likeness (QED) is 0.506. The first kappa shape index (κ1) is 23.1. The number of rotatable bonds is 3. The van der Waals surface area contributed by atoms with Gasteiger partial charge in [0, 0.05) is 30.4 Å². The number of halogens is 2. The highest BCUT2D eigenvalue weighted by atomic mass is 35.5. The molecular weight excluding hydrogens is 443 g/mol. The van der Waals surface area contributed by atoms with Crippen molar-refractivity contribution in [1.82, 2.24) is 19.9 Å². The third-order valence-electron chi connectivity index (χ3n) is 5.47. The van der Waals surface area contributed by atoms with Gasteiger partial charge in [-0.2, -0.15) is 0 Å². The molecule has 0 saturated carbocycles. The number of amides is 1. The molecule has 6 nitrogen and oxygen atoms in total. The Morgan fingerprint density at radius 3 is 2.76 bits per heavy atom. The first-order chi connectivity index (χ1) is 15.6. The van der Waals surface area contributed by atoms with E-state index in [2.05, 4.69) is 9.97 Å². The molecule has 2 aromatic heterocycles. The Balaban J connectivity index is 1.77. The van der Waals surface area contributed by atoms with Crippen LogP contribution in [0.2, 0.25) is 5.02 Å². The molecule has 0 unspecified atom stereocenters. The van der Waals surface area contributed by atoms with E-state index >= 15 is 0 Å². The molecule has 1 aliphatic heterocycles. The minimum absolute atomic E-state index is 0.229. The number of hydrogen-bond acceptors (Lipinski definition) is 5. The lowest BCUT2D eigenvalue weighted by atomic mass is 9.97. The fourth-order valence-corrected chi connectivity index (χ4v) is 3.98. The van der Waals surface area contributed by atoms with Gasteiger partial charge < -0.3 is 9.64 Å². The average Bonchev–Trinajstić information content (AvgIpc) is 2.75. The highest BCUT2D eigenvalue weighted by Gasteiger charge is 2.29. The smallest absolute Gasteiger partial charge is 0.410 e. The number of nitrogens with zero attached hydrogens (tertiary/aromatic N) is 4. The van der Waals surface area contributed by atoms with Crippen LogP contribution in [0, 0.1) is 12.7 Å². The van der Waals surface area contributed by atoms with Crippen LogP contribution in [0.5, 0.6) is 0 Å². The molecule has 1 aliphatic rings. The van der Waals surface area contributed by atoms with Gasteiger partial charge in [0.05, 0.1) is 23.5 Å². The fraction of sp³-hybridized carbons (Fsp3) is 0.360. The normalized spacial score (nSPS) is 13.6. The molecule has 0 fully saturated rings. The lowest BCUT2D eigenvalue weighted by Crippen LogP contribution is -2.40. The second-order valence-corrected chi connectivity index (χ2v) is 9.61. The SMILES string of the molecule is Cc1cnccc1Cc1nc(-c2cc(Cl)ccc2F)nc2c1CCN(C(=O)OC(C)(C)C)C2. The summed E-state index contributed by atoms with van der Waals surface area (Å²) in [6.07, 6.45) is 4.31. The predicted molar refractivity (Wildman–Crippen MR) is 125 cm³/mol. The maximum Gasteiger partial charge on any atom is 0.410 e. The van der Waals surface area contributed by atoms with Gasteiger partial charge in [-0.3, -0.25) is 4.98 Å². The maximum absolute atomic E-state index is 14.7. The van der Waals surface area contributed by atoms with Crippen molar-refractivity contribution in [3.63, 3.8) is 0 Å². The lowest BCUT2D eigenvalue weighted by Gasteiger charge is -2.31. The number of aromatic nitrogens is 3. The molecule has 0 spiro atoms. The van der Waals surface area contributed by atoms with E-state index in [1.807, 2.05) is 40.0 Å². The number of aryl methyl sites for hydroxylation is 1. The van der Waals surface area contributed by atoms with Crippen LogP contribution in [-0.4, -0.2) is 38.1 Å². The third kappa shape index (κ3) is 5.30. The standard InChI is InChI=1S/C25H26ClFN4O2/c1-15-13-28-9-7-16(15)11-21-18-8-10-31(24(32)33-25(2,3)4)14-22(18)30-23(29-21)19-12-17(26)5-6-20(19)27/h5-7,9,12-13H,8,10-11,14H2,1-4H3. The maximum atomic E-state index is 14.7. The summed E-state index contributed by atoms with van der Waals surface area (Å²) in [5.41, 5.74) is 4.25. The van der Waals surface area contributed by atoms with Crippen LogP contribution in [0.1, 0.15) is 48.8 Å². The number of pyridine rings is 1. The minimum atomic E-state index is -0.595. The summed E-state index contributed by atoms with van der Waals surface area (Å²) in [5, 5.41) is 0.398. The molecular formula is C25H26ClFN4O2. The summed E-state index contributed by atoms with van der Waals surface area (Å²) in [6.45, 7) is 8.26. The molecule has 1 aromatic carbocycles. The summed E-state index contributed by atoms with van der Waals surface area (Å²) in [5.74, 6) is -0.202. The van der Waals surface area contributed by atoms with Gasteiger partial charge in [-0.15, -0.1) is 0 Å². The van der Waals surface area contributed by atoms with Crippen molar-refractivity contribution < 1.29 is 13.9 Å². The van der Waals surface area contributed by atoms with Crippen molar-refractivity contribution in [3.8, 4) is 11.4 Å². The fourth-order valence-electron chi connectivity index (χ4n) is 3.81. The molecule has 0 bridgehead atoms. The Hall–Kier alpha value is -3.06. The monoisotopic (exact) mass is 468 g/mol. The Morgan fingerprint density at radius 2 is 2.03 bits per heavy atom. The van der Waals surface area contributed by atoms with Gasteiger partial charge in [0.1, 0.15) is 11.4 Å². The number of hydrogen-bond donors (Lipinski definition) is 0. The molecule has 1 amide bonds. The molecule has 0 aliphatic carbocycles. The lowest BCUT2D eigenvalue weighted by molar-refractivity contribution is 0.0220. The van der Waals surface area contributed by atoms with Crippen molar-refractivity contribution in [3.05, 3.63) is 75.6 Å². The van der Waals surface area contributed by atoms with Crippen molar-refractivity contribution in [2.24, 2.45) is 0 Å².